The van der Waals surface area contributed by atoms with Crippen LogP contribution in [0.2, 0.25) is 0 Å². The minimum absolute atomic E-state index is 0. The summed E-state index contributed by atoms with van der Waals surface area (Å²) in [4.78, 5) is 13.1. The van der Waals surface area contributed by atoms with Gasteiger partial charge in [-0.05, 0) is 19.1 Å². The van der Waals surface area contributed by atoms with Gasteiger partial charge >= 0.3 is 0 Å². The van der Waals surface area contributed by atoms with Crippen molar-refractivity contribution in [1.82, 2.24) is 4.90 Å². The van der Waals surface area contributed by atoms with Gasteiger partial charge < -0.3 is 9.64 Å². The number of ether oxygens (including phenoxy) is 1. The van der Waals surface area contributed by atoms with E-state index in [2.05, 4.69) is 17.9 Å². The summed E-state index contributed by atoms with van der Waals surface area (Å²) in [5, 5.41) is 0. The van der Waals surface area contributed by atoms with Crippen molar-refractivity contribution in [3.63, 3.8) is 0 Å². The molecule has 1 unspecified atom stereocenters. The summed E-state index contributed by atoms with van der Waals surface area (Å²) in [6.45, 7) is 0.995. The molecule has 0 N–H and O–H groups in total. The molecule has 0 spiro atoms. The normalized spacial score (nSPS) is 16.7. The molecule has 0 aromatic heterocycles. The van der Waals surface area contributed by atoms with Gasteiger partial charge in [0.15, 0.2) is 0 Å². The molecule has 1 atom stereocenters. The molecular formula is C17H14F3INO2Y-. The standard InChI is InChI=1S/C17H14F3INO2.Y/c1-2-3-8-24-11-4-5-12(13(18)9-11)15-7-6-14(21)17(23)22(15)10-16(19)20;/h4-5,9,14,16H,6,8,10H2,1H3;/q-1;. The summed E-state index contributed by atoms with van der Waals surface area (Å²) in [5.74, 6) is 4.47. The molecule has 1 aliphatic heterocycles. The van der Waals surface area contributed by atoms with Gasteiger partial charge in [0.1, 0.15) is 12.4 Å². The number of benzene rings is 1. The van der Waals surface area contributed by atoms with E-state index in [1.807, 2.05) is 22.6 Å². The van der Waals surface area contributed by atoms with Crippen molar-refractivity contribution in [2.24, 2.45) is 0 Å². The largest absolute Gasteiger partial charge is 0.481 e. The van der Waals surface area contributed by atoms with Crippen LogP contribution in [0.1, 0.15) is 18.9 Å². The molecule has 0 aliphatic carbocycles. The van der Waals surface area contributed by atoms with Crippen LogP contribution in [0.15, 0.2) is 18.2 Å². The maximum atomic E-state index is 14.4. The van der Waals surface area contributed by atoms with E-state index >= 15 is 0 Å². The van der Waals surface area contributed by atoms with Crippen LogP contribution >= 0.6 is 22.6 Å². The number of carbonyl (C=O) groups excluding carboxylic acids is 1. The molecule has 0 saturated carbocycles. The fourth-order valence-electron chi connectivity index (χ4n) is 2.18. The Hall–Kier alpha value is -0.586. The molecule has 2 rings (SSSR count). The van der Waals surface area contributed by atoms with E-state index in [4.69, 9.17) is 4.74 Å². The van der Waals surface area contributed by atoms with Crippen molar-refractivity contribution in [1.29, 1.82) is 0 Å². The van der Waals surface area contributed by atoms with Crippen molar-refractivity contribution in [2.75, 3.05) is 13.2 Å². The van der Waals surface area contributed by atoms with Crippen LogP contribution in [0.25, 0.3) is 5.70 Å². The zero-order valence-electron chi connectivity index (χ0n) is 13.4. The van der Waals surface area contributed by atoms with Gasteiger partial charge in [-0.3, -0.25) is 4.79 Å². The third kappa shape index (κ3) is 5.97. The third-order valence-electron chi connectivity index (χ3n) is 3.26. The van der Waals surface area contributed by atoms with Gasteiger partial charge in [-0.15, -0.1) is 23.2 Å². The average molecular weight is 537 g/mol. The first-order chi connectivity index (χ1) is 11.4. The average Bonchev–Trinajstić information content (AvgIpc) is 2.53. The molecule has 1 radical (unpaired) electrons. The summed E-state index contributed by atoms with van der Waals surface area (Å²) in [7, 11) is 0. The molecule has 0 fully saturated rings. The molecule has 131 valence electrons. The van der Waals surface area contributed by atoms with E-state index in [0.717, 1.165) is 11.0 Å². The molecule has 0 saturated heterocycles. The maximum Gasteiger partial charge on any atom is 0.256 e. The van der Waals surface area contributed by atoms with E-state index in [1.165, 1.54) is 12.1 Å². The number of allylic oxidation sites excluding steroid dienone is 1. The van der Waals surface area contributed by atoms with Crippen molar-refractivity contribution >= 4 is 34.2 Å². The van der Waals surface area contributed by atoms with Crippen molar-refractivity contribution in [3.05, 3.63) is 35.7 Å². The zero-order chi connectivity index (χ0) is 17.7. The Morgan fingerprint density at radius 2 is 2.20 bits per heavy atom. The van der Waals surface area contributed by atoms with Crippen molar-refractivity contribution < 1.29 is 55.4 Å². The molecular weight excluding hydrogens is 523 g/mol. The molecule has 1 amide bonds. The maximum absolute atomic E-state index is 14.4. The molecule has 1 aromatic rings. The first-order valence-electron chi connectivity index (χ1n) is 7.10. The van der Waals surface area contributed by atoms with Crippen LogP contribution in [-0.2, 0) is 37.5 Å². The van der Waals surface area contributed by atoms with E-state index in [9.17, 15) is 18.0 Å². The quantitative estimate of drug-likeness (QED) is 0.249. The number of halogens is 4. The predicted molar refractivity (Wildman–Crippen MR) is 92.1 cm³/mol. The monoisotopic (exact) mass is 537 g/mol. The molecule has 0 bridgehead atoms. The van der Waals surface area contributed by atoms with Gasteiger partial charge in [0.25, 0.3) is 6.43 Å². The smallest absolute Gasteiger partial charge is 0.256 e. The second kappa shape index (κ2) is 10.5. The predicted octanol–water partition coefficient (Wildman–Crippen LogP) is 3.67. The van der Waals surface area contributed by atoms with Gasteiger partial charge in [-0.1, -0.05) is 34.9 Å². The summed E-state index contributed by atoms with van der Waals surface area (Å²) >= 11 is 1.87. The number of hydrogen-bond donors (Lipinski definition) is 0. The fraction of sp³-hybridized carbons (Fsp3) is 0.353. The fourth-order valence-corrected chi connectivity index (χ4v) is 2.73. The minimum Gasteiger partial charge on any atom is -0.481 e. The number of carbonyl (C=O) groups is 1. The van der Waals surface area contributed by atoms with Crippen LogP contribution in [-0.4, -0.2) is 34.3 Å². The summed E-state index contributed by atoms with van der Waals surface area (Å²) in [5.41, 5.74) is 0.0897. The van der Waals surface area contributed by atoms with Crippen LogP contribution in [0.4, 0.5) is 13.2 Å². The second-order valence-electron chi connectivity index (χ2n) is 4.89. The van der Waals surface area contributed by atoms with Crippen molar-refractivity contribution in [2.45, 2.75) is 23.7 Å². The van der Waals surface area contributed by atoms with E-state index in [1.54, 1.807) is 6.92 Å². The first-order valence-corrected chi connectivity index (χ1v) is 8.35. The molecule has 3 nitrogen and oxygen atoms in total. The van der Waals surface area contributed by atoms with Gasteiger partial charge in [0.2, 0.25) is 5.91 Å². The first kappa shape index (κ1) is 22.5. The second-order valence-corrected chi connectivity index (χ2v) is 6.40. The van der Waals surface area contributed by atoms with Crippen LogP contribution in [0.5, 0.6) is 5.75 Å². The molecule has 1 aromatic carbocycles. The molecule has 1 heterocycles. The van der Waals surface area contributed by atoms with Gasteiger partial charge in [0.05, 0.1) is 16.3 Å². The summed E-state index contributed by atoms with van der Waals surface area (Å²) in [6.07, 6.45) is 0.393. The topological polar surface area (TPSA) is 29.5 Å². The Kier molecular flexibility index (Phi) is 9.46. The zero-order valence-corrected chi connectivity index (χ0v) is 18.4. The van der Waals surface area contributed by atoms with E-state index in [0.29, 0.717) is 0 Å². The van der Waals surface area contributed by atoms with Gasteiger partial charge in [-0.25, -0.2) is 19.2 Å². The number of rotatable bonds is 5. The van der Waals surface area contributed by atoms with E-state index in [-0.39, 0.29) is 62.7 Å². The number of hydrogen-bond acceptors (Lipinski definition) is 2. The van der Waals surface area contributed by atoms with E-state index < -0.39 is 28.6 Å². The number of nitrogens with zero attached hydrogens (tertiary/aromatic N) is 1. The Morgan fingerprint density at radius 3 is 2.80 bits per heavy atom. The molecule has 25 heavy (non-hydrogen) atoms. The number of amides is 1. The molecule has 8 heteroatoms. The van der Waals surface area contributed by atoms with Gasteiger partial charge in [0, 0.05) is 32.7 Å². The Bertz CT molecular complexity index is 716. The summed E-state index contributed by atoms with van der Waals surface area (Å²) in [6, 6.07) is 4.04. The number of alkyl halides is 3. The molecule has 1 aliphatic rings. The SMILES string of the molecule is CC#CCOc1ccc(C2=[C-]CC(I)C(=O)N2CC(F)F)c(F)c1.[Y]. The third-order valence-corrected chi connectivity index (χ3v) is 4.23. The Labute approximate surface area is 183 Å². The minimum atomic E-state index is -2.72. The van der Waals surface area contributed by atoms with Crippen LogP contribution < -0.4 is 4.74 Å². The summed E-state index contributed by atoms with van der Waals surface area (Å²) < 4.78 is 44.7. The van der Waals surface area contributed by atoms with Crippen molar-refractivity contribution in [3.8, 4) is 17.6 Å². The van der Waals surface area contributed by atoms with Crippen LogP contribution in [0.3, 0.4) is 0 Å². The Balaban J connectivity index is 0.00000312. The Morgan fingerprint density at radius 1 is 1.48 bits per heavy atom. The van der Waals surface area contributed by atoms with Crippen LogP contribution in [0, 0.1) is 23.7 Å². The van der Waals surface area contributed by atoms with Gasteiger partial charge in [-0.2, -0.15) is 0 Å².